The summed E-state index contributed by atoms with van der Waals surface area (Å²) in [5.74, 6) is 1.10. The van der Waals surface area contributed by atoms with Crippen molar-refractivity contribution in [2.75, 3.05) is 12.3 Å². The van der Waals surface area contributed by atoms with Gasteiger partial charge in [0, 0.05) is 16.3 Å². The first-order chi connectivity index (χ1) is 6.29. The molecule has 0 aliphatic heterocycles. The van der Waals surface area contributed by atoms with E-state index in [4.69, 9.17) is 5.73 Å². The predicted octanol–water partition coefficient (Wildman–Crippen LogP) is 3.20. The summed E-state index contributed by atoms with van der Waals surface area (Å²) < 4.78 is 1.16. The van der Waals surface area contributed by atoms with Crippen LogP contribution in [-0.2, 0) is 0 Å². The van der Waals surface area contributed by atoms with Crippen molar-refractivity contribution in [2.24, 2.45) is 5.73 Å². The van der Waals surface area contributed by atoms with Gasteiger partial charge in [0.2, 0.25) is 0 Å². The van der Waals surface area contributed by atoms with Crippen LogP contribution in [-0.4, -0.2) is 12.3 Å². The Morgan fingerprint density at radius 1 is 1.46 bits per heavy atom. The van der Waals surface area contributed by atoms with Crippen LogP contribution in [0.5, 0.6) is 0 Å². The number of hydrogen-bond donors (Lipinski definition) is 1. The number of rotatable bonds is 4. The summed E-state index contributed by atoms with van der Waals surface area (Å²) in [4.78, 5) is 0. The summed E-state index contributed by atoms with van der Waals surface area (Å²) in [6.45, 7) is 2.85. The van der Waals surface area contributed by atoms with Crippen LogP contribution < -0.4 is 5.73 Å². The number of thioether (sulfide) groups is 1. The van der Waals surface area contributed by atoms with E-state index in [2.05, 4.69) is 41.1 Å². The Morgan fingerprint density at radius 3 is 2.69 bits per heavy atom. The monoisotopic (exact) mass is 259 g/mol. The molecule has 1 rings (SSSR count). The van der Waals surface area contributed by atoms with Crippen LogP contribution in [0.4, 0.5) is 0 Å². The lowest BCUT2D eigenvalue weighted by Crippen LogP contribution is -2.10. The summed E-state index contributed by atoms with van der Waals surface area (Å²) in [6.07, 6.45) is 0. The number of hydrogen-bond acceptors (Lipinski definition) is 2. The van der Waals surface area contributed by atoms with E-state index in [0.29, 0.717) is 11.8 Å². The lowest BCUT2D eigenvalue weighted by atomic mass is 10.1. The van der Waals surface area contributed by atoms with Gasteiger partial charge in [-0.2, -0.15) is 11.8 Å². The maximum Gasteiger partial charge on any atom is 0.0430 e. The molecule has 1 nitrogen and oxygen atoms in total. The molecule has 72 valence electrons. The molecule has 0 fully saturated rings. The lowest BCUT2D eigenvalue weighted by Gasteiger charge is -2.15. The molecule has 13 heavy (non-hydrogen) atoms. The van der Waals surface area contributed by atoms with Crippen molar-refractivity contribution in [1.82, 2.24) is 0 Å². The maximum absolute atomic E-state index is 5.72. The second kappa shape index (κ2) is 5.68. The van der Waals surface area contributed by atoms with Crippen molar-refractivity contribution in [3.8, 4) is 0 Å². The van der Waals surface area contributed by atoms with E-state index in [1.54, 1.807) is 0 Å². The van der Waals surface area contributed by atoms with Gasteiger partial charge in [0.15, 0.2) is 0 Å². The van der Waals surface area contributed by atoms with Gasteiger partial charge in [-0.15, -0.1) is 0 Å². The van der Waals surface area contributed by atoms with Gasteiger partial charge in [0.05, 0.1) is 0 Å². The number of halogens is 1. The van der Waals surface area contributed by atoms with Crippen LogP contribution in [0.15, 0.2) is 28.7 Å². The fourth-order valence-electron chi connectivity index (χ4n) is 1.22. The van der Waals surface area contributed by atoms with Gasteiger partial charge in [-0.05, 0) is 17.4 Å². The van der Waals surface area contributed by atoms with Gasteiger partial charge >= 0.3 is 0 Å². The molecule has 0 amide bonds. The van der Waals surface area contributed by atoms with Gasteiger partial charge in [-0.25, -0.2) is 0 Å². The van der Waals surface area contributed by atoms with E-state index in [-0.39, 0.29) is 0 Å². The van der Waals surface area contributed by atoms with Crippen molar-refractivity contribution in [3.05, 3.63) is 34.3 Å². The first-order valence-corrected chi connectivity index (χ1v) is 6.19. The fourth-order valence-corrected chi connectivity index (χ4v) is 2.86. The summed E-state index contributed by atoms with van der Waals surface area (Å²) >= 11 is 5.43. The van der Waals surface area contributed by atoms with Crippen molar-refractivity contribution in [1.29, 1.82) is 0 Å². The average molecular weight is 260 g/mol. The van der Waals surface area contributed by atoms with E-state index in [9.17, 15) is 0 Å². The molecule has 1 unspecified atom stereocenters. The van der Waals surface area contributed by atoms with Crippen LogP contribution in [0, 0.1) is 0 Å². The molecule has 1 atom stereocenters. The first kappa shape index (κ1) is 11.1. The minimum absolute atomic E-state index is 0.417. The quantitative estimate of drug-likeness (QED) is 0.899. The summed E-state index contributed by atoms with van der Waals surface area (Å²) in [5.41, 5.74) is 7.02. The highest BCUT2D eigenvalue weighted by molar-refractivity contribution is 9.10. The molecule has 3 heteroatoms. The maximum atomic E-state index is 5.72. The van der Waals surface area contributed by atoms with E-state index in [1.165, 1.54) is 5.56 Å². The van der Waals surface area contributed by atoms with Crippen LogP contribution >= 0.6 is 27.7 Å². The molecule has 0 aromatic heterocycles. The SMILES string of the molecule is CCSC(CN)c1ccccc1Br. The minimum Gasteiger partial charge on any atom is -0.329 e. The minimum atomic E-state index is 0.417. The van der Waals surface area contributed by atoms with Crippen LogP contribution in [0.3, 0.4) is 0 Å². The smallest absolute Gasteiger partial charge is 0.0430 e. The highest BCUT2D eigenvalue weighted by Crippen LogP contribution is 2.32. The van der Waals surface area contributed by atoms with E-state index >= 15 is 0 Å². The molecular formula is C10H14BrNS. The third kappa shape index (κ3) is 3.01. The highest BCUT2D eigenvalue weighted by Gasteiger charge is 2.11. The molecule has 1 aromatic rings. The van der Waals surface area contributed by atoms with Crippen molar-refractivity contribution >= 4 is 27.7 Å². The third-order valence-electron chi connectivity index (χ3n) is 1.83. The second-order valence-electron chi connectivity index (χ2n) is 2.70. The largest absolute Gasteiger partial charge is 0.329 e. The molecular weight excluding hydrogens is 246 g/mol. The van der Waals surface area contributed by atoms with Crippen molar-refractivity contribution in [3.63, 3.8) is 0 Å². The van der Waals surface area contributed by atoms with Crippen LogP contribution in [0.2, 0.25) is 0 Å². The Kier molecular flexibility index (Phi) is 4.84. The average Bonchev–Trinajstić information content (AvgIpc) is 2.16. The molecule has 0 aliphatic carbocycles. The van der Waals surface area contributed by atoms with Gasteiger partial charge < -0.3 is 5.73 Å². The van der Waals surface area contributed by atoms with Crippen LogP contribution in [0.25, 0.3) is 0 Å². The number of benzene rings is 1. The van der Waals surface area contributed by atoms with Gasteiger partial charge in [0.1, 0.15) is 0 Å². The summed E-state index contributed by atoms with van der Waals surface area (Å²) in [7, 11) is 0. The Balaban J connectivity index is 2.84. The number of nitrogens with two attached hydrogens (primary N) is 1. The van der Waals surface area contributed by atoms with Gasteiger partial charge in [-0.3, -0.25) is 0 Å². The molecule has 0 radical (unpaired) electrons. The Bertz CT molecular complexity index is 265. The standard InChI is InChI=1S/C10H14BrNS/c1-2-13-10(7-12)8-5-3-4-6-9(8)11/h3-6,10H,2,7,12H2,1H3. The highest BCUT2D eigenvalue weighted by atomic mass is 79.9. The normalized spacial score (nSPS) is 12.8. The Hall–Kier alpha value is 0.01000. The summed E-state index contributed by atoms with van der Waals surface area (Å²) in [6, 6.07) is 8.27. The van der Waals surface area contributed by atoms with Gasteiger partial charge in [0.25, 0.3) is 0 Å². The zero-order valence-electron chi connectivity index (χ0n) is 7.66. The molecule has 2 N–H and O–H groups in total. The molecule has 0 saturated carbocycles. The molecule has 1 aromatic carbocycles. The molecule has 0 saturated heterocycles. The predicted molar refractivity (Wildman–Crippen MR) is 64.1 cm³/mol. The zero-order valence-corrected chi connectivity index (χ0v) is 10.1. The molecule has 0 spiro atoms. The van der Waals surface area contributed by atoms with Crippen molar-refractivity contribution in [2.45, 2.75) is 12.2 Å². The Labute approximate surface area is 92.2 Å². The molecule has 0 heterocycles. The molecule has 0 bridgehead atoms. The van der Waals surface area contributed by atoms with E-state index in [1.807, 2.05) is 17.8 Å². The summed E-state index contributed by atoms with van der Waals surface area (Å²) in [5, 5.41) is 0.417. The third-order valence-corrected chi connectivity index (χ3v) is 3.74. The zero-order chi connectivity index (χ0) is 9.68. The van der Waals surface area contributed by atoms with Gasteiger partial charge in [-0.1, -0.05) is 41.1 Å². The van der Waals surface area contributed by atoms with E-state index < -0.39 is 0 Å². The van der Waals surface area contributed by atoms with Crippen LogP contribution in [0.1, 0.15) is 17.7 Å². The first-order valence-electron chi connectivity index (χ1n) is 4.35. The second-order valence-corrected chi connectivity index (χ2v) is 5.04. The van der Waals surface area contributed by atoms with Crippen molar-refractivity contribution < 1.29 is 0 Å². The topological polar surface area (TPSA) is 26.0 Å². The fraction of sp³-hybridized carbons (Fsp3) is 0.400. The lowest BCUT2D eigenvalue weighted by molar-refractivity contribution is 0.936. The Morgan fingerprint density at radius 2 is 2.15 bits per heavy atom. The molecule has 0 aliphatic rings. The van der Waals surface area contributed by atoms with E-state index in [0.717, 1.165) is 10.2 Å².